The van der Waals surface area contributed by atoms with Crippen molar-refractivity contribution in [1.82, 2.24) is 4.90 Å². The standard InChI is InChI=1S/C16H23NO4/c18-12-9-15(5-1-2-6-15)10-13(19)17(12)16(11-14(20)21)7-3-4-8-16/h1-11H2,(H,20,21). The van der Waals surface area contributed by atoms with Crippen molar-refractivity contribution in [3.05, 3.63) is 0 Å². The Morgan fingerprint density at radius 3 is 1.90 bits per heavy atom. The van der Waals surface area contributed by atoms with E-state index < -0.39 is 11.5 Å². The number of nitrogens with zero attached hydrogens (tertiary/aromatic N) is 1. The Morgan fingerprint density at radius 2 is 1.43 bits per heavy atom. The number of hydrogen-bond acceptors (Lipinski definition) is 3. The fraction of sp³-hybridized carbons (Fsp3) is 0.812. The number of likely N-dealkylation sites (tertiary alicyclic amines) is 1. The predicted octanol–water partition coefficient (Wildman–Crippen LogP) is 2.48. The van der Waals surface area contributed by atoms with Crippen LogP contribution in [0.1, 0.15) is 70.6 Å². The largest absolute Gasteiger partial charge is 0.481 e. The van der Waals surface area contributed by atoms with Crippen LogP contribution in [0, 0.1) is 5.41 Å². The average molecular weight is 293 g/mol. The summed E-state index contributed by atoms with van der Waals surface area (Å²) >= 11 is 0. The van der Waals surface area contributed by atoms with Crippen LogP contribution >= 0.6 is 0 Å². The Morgan fingerprint density at radius 1 is 0.952 bits per heavy atom. The second kappa shape index (κ2) is 5.11. The van der Waals surface area contributed by atoms with Crippen LogP contribution < -0.4 is 0 Å². The number of aliphatic carboxylic acids is 1. The van der Waals surface area contributed by atoms with Crippen LogP contribution in [0.15, 0.2) is 0 Å². The molecule has 2 saturated carbocycles. The van der Waals surface area contributed by atoms with E-state index in [-0.39, 0.29) is 23.7 Å². The highest BCUT2D eigenvalue weighted by molar-refractivity contribution is 6.00. The number of carboxylic acids is 1. The number of imide groups is 1. The molecule has 3 aliphatic rings. The van der Waals surface area contributed by atoms with Crippen LogP contribution in [0.4, 0.5) is 0 Å². The summed E-state index contributed by atoms with van der Waals surface area (Å²) in [5.41, 5.74) is -0.867. The topological polar surface area (TPSA) is 74.7 Å². The summed E-state index contributed by atoms with van der Waals surface area (Å²) in [5, 5.41) is 9.20. The van der Waals surface area contributed by atoms with Gasteiger partial charge in [0.05, 0.1) is 12.0 Å². The first-order chi connectivity index (χ1) is 9.96. The van der Waals surface area contributed by atoms with Gasteiger partial charge in [0.2, 0.25) is 11.8 Å². The SMILES string of the molecule is O=C(O)CC1(N2C(=O)CC3(CCCC3)CC2=O)CCCC1. The molecule has 5 heteroatoms. The molecule has 2 aliphatic carbocycles. The van der Waals surface area contributed by atoms with Gasteiger partial charge in [0.15, 0.2) is 0 Å². The molecule has 0 unspecified atom stereocenters. The Bertz CT molecular complexity index is 453. The first-order valence-corrected chi connectivity index (χ1v) is 8.04. The highest BCUT2D eigenvalue weighted by atomic mass is 16.4. The molecule has 0 atom stereocenters. The van der Waals surface area contributed by atoms with Crippen LogP contribution in [0.3, 0.4) is 0 Å². The summed E-state index contributed by atoms with van der Waals surface area (Å²) in [7, 11) is 0. The summed E-state index contributed by atoms with van der Waals surface area (Å²) in [6.45, 7) is 0. The van der Waals surface area contributed by atoms with E-state index in [1.807, 2.05) is 0 Å². The third-order valence-corrected chi connectivity index (χ3v) is 5.70. The van der Waals surface area contributed by atoms with Gasteiger partial charge in [-0.05, 0) is 31.1 Å². The van der Waals surface area contributed by atoms with E-state index in [9.17, 15) is 19.5 Å². The Kier molecular flexibility index (Phi) is 3.54. The van der Waals surface area contributed by atoms with E-state index in [1.54, 1.807) is 0 Å². The Balaban J connectivity index is 1.85. The smallest absolute Gasteiger partial charge is 0.305 e. The van der Waals surface area contributed by atoms with Gasteiger partial charge in [0.1, 0.15) is 0 Å². The van der Waals surface area contributed by atoms with Gasteiger partial charge in [-0.15, -0.1) is 0 Å². The number of rotatable bonds is 3. The monoisotopic (exact) mass is 293 g/mol. The number of carbonyl (C=O) groups is 3. The van der Waals surface area contributed by atoms with Gasteiger partial charge in [-0.25, -0.2) is 0 Å². The summed E-state index contributed by atoms with van der Waals surface area (Å²) < 4.78 is 0. The van der Waals surface area contributed by atoms with Crippen molar-refractivity contribution >= 4 is 17.8 Å². The number of carbonyl (C=O) groups excluding carboxylic acids is 2. The fourth-order valence-corrected chi connectivity index (χ4v) is 4.80. The molecule has 3 rings (SSSR count). The third kappa shape index (κ3) is 2.47. The first-order valence-electron chi connectivity index (χ1n) is 8.04. The third-order valence-electron chi connectivity index (χ3n) is 5.70. The maximum absolute atomic E-state index is 12.7. The van der Waals surface area contributed by atoms with Crippen LogP contribution in [-0.2, 0) is 14.4 Å². The number of hydrogen-bond donors (Lipinski definition) is 1. The normalized spacial score (nSPS) is 27.5. The zero-order chi connectivity index (χ0) is 15.1. The predicted molar refractivity (Wildman–Crippen MR) is 75.4 cm³/mol. The van der Waals surface area contributed by atoms with Crippen LogP contribution in [0.25, 0.3) is 0 Å². The molecule has 0 bridgehead atoms. The van der Waals surface area contributed by atoms with E-state index in [2.05, 4.69) is 0 Å². The molecule has 1 saturated heterocycles. The van der Waals surface area contributed by atoms with Crippen molar-refractivity contribution in [1.29, 1.82) is 0 Å². The van der Waals surface area contributed by atoms with Crippen LogP contribution in [0.5, 0.6) is 0 Å². The quantitative estimate of drug-likeness (QED) is 0.811. The van der Waals surface area contributed by atoms with Gasteiger partial charge in [-0.2, -0.15) is 0 Å². The molecular formula is C16H23NO4. The van der Waals surface area contributed by atoms with Gasteiger partial charge in [0, 0.05) is 12.8 Å². The van der Waals surface area contributed by atoms with E-state index in [4.69, 9.17) is 0 Å². The van der Waals surface area contributed by atoms with Crippen LogP contribution in [0.2, 0.25) is 0 Å². The van der Waals surface area contributed by atoms with Crippen molar-refractivity contribution in [2.24, 2.45) is 5.41 Å². The molecule has 116 valence electrons. The lowest BCUT2D eigenvalue weighted by Crippen LogP contribution is -2.58. The maximum atomic E-state index is 12.7. The van der Waals surface area contributed by atoms with Crippen molar-refractivity contribution in [2.75, 3.05) is 0 Å². The number of piperidine rings is 1. The lowest BCUT2D eigenvalue weighted by Gasteiger charge is -2.45. The maximum Gasteiger partial charge on any atom is 0.305 e. The minimum atomic E-state index is -0.918. The van der Waals surface area contributed by atoms with Gasteiger partial charge in [-0.1, -0.05) is 25.7 Å². The van der Waals surface area contributed by atoms with Crippen molar-refractivity contribution in [3.63, 3.8) is 0 Å². The first kappa shape index (κ1) is 14.5. The minimum Gasteiger partial charge on any atom is -0.481 e. The van der Waals surface area contributed by atoms with Gasteiger partial charge in [0.25, 0.3) is 0 Å². The molecule has 5 nitrogen and oxygen atoms in total. The fourth-order valence-electron chi connectivity index (χ4n) is 4.80. The molecule has 0 aromatic carbocycles. The molecular weight excluding hydrogens is 270 g/mol. The van der Waals surface area contributed by atoms with E-state index in [0.29, 0.717) is 25.7 Å². The van der Waals surface area contributed by atoms with E-state index in [1.165, 1.54) is 4.90 Å². The van der Waals surface area contributed by atoms with Crippen molar-refractivity contribution in [3.8, 4) is 0 Å². The Labute approximate surface area is 124 Å². The minimum absolute atomic E-state index is 0.0997. The molecule has 2 amide bonds. The van der Waals surface area contributed by atoms with Crippen molar-refractivity contribution in [2.45, 2.75) is 76.2 Å². The molecule has 0 aromatic rings. The van der Waals surface area contributed by atoms with E-state index >= 15 is 0 Å². The number of carboxylic acid groups (broad SMARTS) is 1. The Hall–Kier alpha value is -1.39. The second-order valence-electron chi connectivity index (χ2n) is 7.19. The van der Waals surface area contributed by atoms with Crippen LogP contribution in [-0.4, -0.2) is 33.3 Å². The summed E-state index contributed by atoms with van der Waals surface area (Å²) in [4.78, 5) is 37.9. The average Bonchev–Trinajstić information content (AvgIpc) is 2.98. The molecule has 0 aromatic heterocycles. The lowest BCUT2D eigenvalue weighted by molar-refractivity contribution is -0.163. The number of amides is 2. The molecule has 1 spiro atoms. The molecule has 0 radical (unpaired) electrons. The van der Waals surface area contributed by atoms with Gasteiger partial charge < -0.3 is 5.11 Å². The van der Waals surface area contributed by atoms with Gasteiger partial charge >= 0.3 is 5.97 Å². The molecule has 1 N–H and O–H groups in total. The summed E-state index contributed by atoms with van der Waals surface area (Å²) in [5.74, 6) is -1.17. The van der Waals surface area contributed by atoms with E-state index in [0.717, 1.165) is 38.5 Å². The lowest BCUT2D eigenvalue weighted by atomic mass is 9.74. The summed E-state index contributed by atoms with van der Waals surface area (Å²) in [6.07, 6.45) is 7.96. The molecule has 1 heterocycles. The highest BCUT2D eigenvalue weighted by Crippen LogP contribution is 2.50. The zero-order valence-electron chi connectivity index (χ0n) is 12.4. The zero-order valence-corrected chi connectivity index (χ0v) is 12.4. The summed E-state index contributed by atoms with van der Waals surface area (Å²) in [6, 6.07) is 0. The second-order valence-corrected chi connectivity index (χ2v) is 7.19. The molecule has 21 heavy (non-hydrogen) atoms. The molecule has 3 fully saturated rings. The highest BCUT2D eigenvalue weighted by Gasteiger charge is 2.53. The van der Waals surface area contributed by atoms with Crippen molar-refractivity contribution < 1.29 is 19.5 Å². The van der Waals surface area contributed by atoms with Gasteiger partial charge in [-0.3, -0.25) is 19.3 Å². The molecule has 1 aliphatic heterocycles.